The average Bonchev–Trinajstić information content (AvgIpc) is 3.29. The molecule has 0 bridgehead atoms. The van der Waals surface area contributed by atoms with Crippen molar-refractivity contribution in [1.82, 2.24) is 9.88 Å². The first kappa shape index (κ1) is 18.0. The number of ketones is 1. The van der Waals surface area contributed by atoms with Crippen LogP contribution in [0.1, 0.15) is 23.0 Å². The Labute approximate surface area is 155 Å². The Morgan fingerprint density at radius 2 is 2.04 bits per heavy atom. The van der Waals surface area contributed by atoms with Crippen LogP contribution >= 0.6 is 11.3 Å². The molecule has 1 fully saturated rings. The molecule has 0 radical (unpaired) electrons. The Kier molecular flexibility index (Phi) is 5.27. The zero-order valence-corrected chi connectivity index (χ0v) is 15.2. The summed E-state index contributed by atoms with van der Waals surface area (Å²) in [6, 6.07) is 9.40. The molecule has 2 amide bonds. The fourth-order valence-electron chi connectivity index (χ4n) is 2.91. The Balaban J connectivity index is 1.76. The molecule has 1 atom stereocenters. The maximum atomic E-state index is 12.5. The quantitative estimate of drug-likeness (QED) is 0.649. The zero-order valence-electron chi connectivity index (χ0n) is 14.4. The van der Waals surface area contributed by atoms with Gasteiger partial charge in [-0.1, -0.05) is 48.2 Å². The van der Waals surface area contributed by atoms with Crippen LogP contribution in [-0.2, 0) is 9.59 Å². The van der Waals surface area contributed by atoms with Crippen LogP contribution < -0.4 is 5.32 Å². The number of nitrogens with zero attached hydrogens (tertiary/aromatic N) is 2. The van der Waals surface area contributed by atoms with E-state index in [9.17, 15) is 14.4 Å². The SMILES string of the molecule is C=CC(=O)N1CCC(C(=O)Nc2nc(-c3ccccc3)c(C(C)=O)s2)C1. The normalized spacial score (nSPS) is 16.3. The summed E-state index contributed by atoms with van der Waals surface area (Å²) in [5, 5.41) is 3.20. The third-order valence-corrected chi connectivity index (χ3v) is 5.34. The van der Waals surface area contributed by atoms with E-state index < -0.39 is 0 Å². The molecular weight excluding hydrogens is 350 g/mol. The lowest BCUT2D eigenvalue weighted by molar-refractivity contribution is -0.125. The first-order chi connectivity index (χ1) is 12.5. The van der Waals surface area contributed by atoms with Gasteiger partial charge in [-0.25, -0.2) is 4.98 Å². The Bertz CT molecular complexity index is 860. The van der Waals surface area contributed by atoms with Crippen LogP contribution in [0.2, 0.25) is 0 Å². The minimum absolute atomic E-state index is 0.0922. The van der Waals surface area contributed by atoms with Crippen LogP contribution in [0.15, 0.2) is 43.0 Å². The first-order valence-corrected chi connectivity index (χ1v) is 9.10. The predicted octanol–water partition coefficient (Wildman–Crippen LogP) is 2.99. The number of likely N-dealkylation sites (tertiary alicyclic amines) is 1. The van der Waals surface area contributed by atoms with Crippen LogP contribution in [0.25, 0.3) is 11.3 Å². The maximum Gasteiger partial charge on any atom is 0.245 e. The van der Waals surface area contributed by atoms with Gasteiger partial charge in [0, 0.05) is 25.6 Å². The van der Waals surface area contributed by atoms with Crippen LogP contribution in [0.3, 0.4) is 0 Å². The number of nitrogens with one attached hydrogen (secondary N) is 1. The lowest BCUT2D eigenvalue weighted by Crippen LogP contribution is -2.30. The summed E-state index contributed by atoms with van der Waals surface area (Å²) < 4.78 is 0. The van der Waals surface area contributed by atoms with Gasteiger partial charge in [-0.05, 0) is 12.5 Å². The fraction of sp³-hybridized carbons (Fsp3) is 0.263. The molecular formula is C19H19N3O3S. The molecule has 1 aromatic carbocycles. The second-order valence-corrected chi connectivity index (χ2v) is 7.08. The van der Waals surface area contributed by atoms with Gasteiger partial charge in [0.15, 0.2) is 10.9 Å². The largest absolute Gasteiger partial charge is 0.338 e. The van der Waals surface area contributed by atoms with Gasteiger partial charge in [-0.2, -0.15) is 0 Å². The molecule has 0 spiro atoms. The minimum atomic E-state index is -0.288. The molecule has 1 aliphatic rings. The summed E-state index contributed by atoms with van der Waals surface area (Å²) in [5.74, 6) is -0.734. The molecule has 1 unspecified atom stereocenters. The predicted molar refractivity (Wildman–Crippen MR) is 101 cm³/mol. The summed E-state index contributed by atoms with van der Waals surface area (Å²) in [5.41, 5.74) is 1.41. The zero-order chi connectivity index (χ0) is 18.7. The monoisotopic (exact) mass is 369 g/mol. The summed E-state index contributed by atoms with van der Waals surface area (Å²) in [6.07, 6.45) is 1.86. The minimum Gasteiger partial charge on any atom is -0.338 e. The van der Waals surface area contributed by atoms with Crippen molar-refractivity contribution in [2.75, 3.05) is 18.4 Å². The average molecular weight is 369 g/mol. The highest BCUT2D eigenvalue weighted by Gasteiger charge is 2.31. The molecule has 1 aromatic heterocycles. The van der Waals surface area contributed by atoms with Crippen molar-refractivity contribution >= 4 is 34.1 Å². The molecule has 7 heteroatoms. The summed E-state index contributed by atoms with van der Waals surface area (Å²) >= 11 is 1.17. The van der Waals surface area contributed by atoms with E-state index in [1.165, 1.54) is 24.3 Å². The van der Waals surface area contributed by atoms with Crippen molar-refractivity contribution in [2.45, 2.75) is 13.3 Å². The number of aromatic nitrogens is 1. The maximum absolute atomic E-state index is 12.5. The Hall–Kier alpha value is -2.80. The van der Waals surface area contributed by atoms with Gasteiger partial charge in [0.25, 0.3) is 0 Å². The number of carbonyl (C=O) groups excluding carboxylic acids is 3. The van der Waals surface area contributed by atoms with Gasteiger partial charge < -0.3 is 10.2 Å². The summed E-state index contributed by atoms with van der Waals surface area (Å²) in [6.45, 7) is 5.86. The molecule has 0 saturated carbocycles. The second kappa shape index (κ2) is 7.61. The van der Waals surface area contributed by atoms with E-state index in [0.717, 1.165) is 5.56 Å². The van der Waals surface area contributed by atoms with Crippen LogP contribution in [0.4, 0.5) is 5.13 Å². The first-order valence-electron chi connectivity index (χ1n) is 8.29. The van der Waals surface area contributed by atoms with E-state index in [1.54, 1.807) is 4.90 Å². The van der Waals surface area contributed by atoms with Crippen molar-refractivity contribution in [2.24, 2.45) is 5.92 Å². The highest BCUT2D eigenvalue weighted by molar-refractivity contribution is 7.18. The number of amides is 2. The van der Waals surface area contributed by atoms with Gasteiger partial charge in [0.05, 0.1) is 16.5 Å². The van der Waals surface area contributed by atoms with E-state index in [-0.39, 0.29) is 23.5 Å². The highest BCUT2D eigenvalue weighted by Crippen LogP contribution is 2.32. The molecule has 1 saturated heterocycles. The summed E-state index contributed by atoms with van der Waals surface area (Å²) in [7, 11) is 0. The number of thiazole rings is 1. The highest BCUT2D eigenvalue weighted by atomic mass is 32.1. The topological polar surface area (TPSA) is 79.4 Å². The molecule has 2 heterocycles. The molecule has 134 valence electrons. The summed E-state index contributed by atoms with van der Waals surface area (Å²) in [4.78, 5) is 42.7. The van der Waals surface area contributed by atoms with Gasteiger partial charge in [0.2, 0.25) is 11.8 Å². The van der Waals surface area contributed by atoms with Crippen molar-refractivity contribution in [3.05, 3.63) is 47.9 Å². The molecule has 1 N–H and O–H groups in total. The molecule has 2 aromatic rings. The number of anilines is 1. The Morgan fingerprint density at radius 1 is 1.31 bits per heavy atom. The fourth-order valence-corrected chi connectivity index (χ4v) is 3.80. The number of benzene rings is 1. The van der Waals surface area contributed by atoms with Gasteiger partial charge in [-0.15, -0.1) is 0 Å². The van der Waals surface area contributed by atoms with E-state index in [2.05, 4.69) is 16.9 Å². The van der Waals surface area contributed by atoms with Crippen LogP contribution in [0, 0.1) is 5.92 Å². The standard InChI is InChI=1S/C19H19N3O3S/c1-3-15(24)22-10-9-14(11-22)18(25)21-19-20-16(17(26-19)12(2)23)13-7-5-4-6-8-13/h3-8,14H,1,9-11H2,2H3,(H,20,21,25). The molecule has 1 aliphatic heterocycles. The number of hydrogen-bond donors (Lipinski definition) is 1. The smallest absolute Gasteiger partial charge is 0.245 e. The molecule has 6 nitrogen and oxygen atoms in total. The molecule has 3 rings (SSSR count). The third kappa shape index (κ3) is 3.72. The number of carbonyl (C=O) groups is 3. The van der Waals surface area contributed by atoms with E-state index >= 15 is 0 Å². The van der Waals surface area contributed by atoms with E-state index in [4.69, 9.17) is 0 Å². The Morgan fingerprint density at radius 3 is 2.69 bits per heavy atom. The lowest BCUT2D eigenvalue weighted by atomic mass is 10.1. The van der Waals surface area contributed by atoms with E-state index in [0.29, 0.717) is 35.2 Å². The van der Waals surface area contributed by atoms with Gasteiger partial charge >= 0.3 is 0 Å². The van der Waals surface area contributed by atoms with Crippen molar-refractivity contribution in [3.8, 4) is 11.3 Å². The van der Waals surface area contributed by atoms with Crippen LogP contribution in [-0.4, -0.2) is 40.6 Å². The van der Waals surface area contributed by atoms with Gasteiger partial charge in [-0.3, -0.25) is 14.4 Å². The van der Waals surface area contributed by atoms with Crippen molar-refractivity contribution < 1.29 is 14.4 Å². The second-order valence-electron chi connectivity index (χ2n) is 6.08. The van der Waals surface area contributed by atoms with E-state index in [1.807, 2.05) is 30.3 Å². The number of hydrogen-bond acceptors (Lipinski definition) is 5. The third-order valence-electron chi connectivity index (χ3n) is 4.27. The van der Waals surface area contributed by atoms with Crippen molar-refractivity contribution in [3.63, 3.8) is 0 Å². The van der Waals surface area contributed by atoms with Crippen molar-refractivity contribution in [1.29, 1.82) is 0 Å². The van der Waals surface area contributed by atoms with Gasteiger partial charge in [0.1, 0.15) is 0 Å². The lowest BCUT2D eigenvalue weighted by Gasteiger charge is -2.13. The van der Waals surface area contributed by atoms with Crippen LogP contribution in [0.5, 0.6) is 0 Å². The molecule has 26 heavy (non-hydrogen) atoms. The number of Topliss-reactive ketones (excluding diaryl/α,β-unsaturated/α-hetero) is 1. The number of rotatable bonds is 5. The molecule has 0 aliphatic carbocycles.